The molecular formula is C26H28BrN5O. The molecule has 1 aliphatic rings. The first-order chi connectivity index (χ1) is 16.2. The summed E-state index contributed by atoms with van der Waals surface area (Å²) in [4.78, 5) is 4.49. The third-order valence-corrected chi connectivity index (χ3v) is 5.76. The maximum absolute atomic E-state index is 6.03. The Hall–Kier alpha value is -3.16. The van der Waals surface area contributed by atoms with Crippen LogP contribution in [-0.4, -0.2) is 40.5 Å². The number of hydrogen-bond acceptors (Lipinski definition) is 5. The van der Waals surface area contributed by atoms with Crippen molar-refractivity contribution in [3.05, 3.63) is 95.4 Å². The van der Waals surface area contributed by atoms with Crippen molar-refractivity contribution in [2.45, 2.75) is 12.5 Å². The van der Waals surface area contributed by atoms with Crippen LogP contribution in [0.15, 0.2) is 89.8 Å². The third kappa shape index (κ3) is 6.91. The number of ether oxygens (including phenoxy) is 1. The van der Waals surface area contributed by atoms with E-state index in [1.54, 1.807) is 4.68 Å². The number of hydrogen-bond donors (Lipinski definition) is 2. The number of halogens is 1. The molecule has 0 fully saturated rings. The van der Waals surface area contributed by atoms with Gasteiger partial charge in [0.05, 0.1) is 18.4 Å². The van der Waals surface area contributed by atoms with Gasteiger partial charge in [0.1, 0.15) is 6.10 Å². The van der Waals surface area contributed by atoms with Crippen molar-refractivity contribution in [2.24, 2.45) is 7.05 Å². The predicted octanol–water partition coefficient (Wildman–Crippen LogP) is 4.94. The van der Waals surface area contributed by atoms with E-state index in [2.05, 4.69) is 67.0 Å². The van der Waals surface area contributed by atoms with Crippen molar-refractivity contribution in [2.75, 3.05) is 25.0 Å². The van der Waals surface area contributed by atoms with Gasteiger partial charge in [-0.25, -0.2) is 4.98 Å². The van der Waals surface area contributed by atoms with E-state index in [4.69, 9.17) is 4.74 Å². The van der Waals surface area contributed by atoms with Gasteiger partial charge < -0.3 is 15.4 Å². The zero-order valence-corrected chi connectivity index (χ0v) is 20.2. The summed E-state index contributed by atoms with van der Waals surface area (Å²) in [5.74, 6) is 0.661. The fraction of sp³-hybridized carbons (Fsp3) is 0.231. The van der Waals surface area contributed by atoms with Gasteiger partial charge in [-0.05, 0) is 36.7 Å². The van der Waals surface area contributed by atoms with E-state index >= 15 is 0 Å². The molecule has 2 N–H and O–H groups in total. The molecule has 170 valence electrons. The zero-order valence-electron chi connectivity index (χ0n) is 18.6. The fourth-order valence-electron chi connectivity index (χ4n) is 3.47. The lowest BCUT2D eigenvalue weighted by Gasteiger charge is -2.27. The molecule has 4 aromatic rings. The Balaban J connectivity index is 0.000000376. The first kappa shape index (κ1) is 23.0. The molecule has 33 heavy (non-hydrogen) atoms. The summed E-state index contributed by atoms with van der Waals surface area (Å²) in [5.41, 5.74) is 4.33. The highest BCUT2D eigenvalue weighted by Gasteiger charge is 2.20. The van der Waals surface area contributed by atoms with Crippen LogP contribution in [0.1, 0.15) is 5.56 Å². The van der Waals surface area contributed by atoms with Gasteiger partial charge >= 0.3 is 0 Å². The van der Waals surface area contributed by atoms with Crippen molar-refractivity contribution in [1.82, 2.24) is 20.1 Å². The van der Waals surface area contributed by atoms with Crippen LogP contribution in [-0.2, 0) is 13.5 Å². The van der Waals surface area contributed by atoms with Gasteiger partial charge in [-0.1, -0.05) is 64.5 Å². The van der Waals surface area contributed by atoms with E-state index < -0.39 is 0 Å². The smallest absolute Gasteiger partial charge is 0.237 e. The Kier molecular flexibility index (Phi) is 8.11. The number of nitrogens with one attached hydrogen (secondary N) is 2. The van der Waals surface area contributed by atoms with Gasteiger partial charge in [0, 0.05) is 41.6 Å². The molecule has 1 atom stereocenters. The third-order valence-electron chi connectivity index (χ3n) is 5.23. The van der Waals surface area contributed by atoms with Crippen LogP contribution >= 0.6 is 15.9 Å². The SMILES string of the molecule is Cn1cc(-c2cnc3c(c2)NCC(CNCCc2ccc(Br)cc2)O3)cn1.c1ccccc1. The lowest BCUT2D eigenvalue weighted by Crippen LogP contribution is -2.40. The highest BCUT2D eigenvalue weighted by atomic mass is 79.9. The second-order valence-corrected chi connectivity index (χ2v) is 8.75. The molecule has 0 saturated heterocycles. The summed E-state index contributed by atoms with van der Waals surface area (Å²) < 4.78 is 8.93. The summed E-state index contributed by atoms with van der Waals surface area (Å²) >= 11 is 3.46. The first-order valence-electron chi connectivity index (χ1n) is 11.0. The maximum atomic E-state index is 6.03. The molecular weight excluding hydrogens is 478 g/mol. The summed E-state index contributed by atoms with van der Waals surface area (Å²) in [6.07, 6.45) is 6.72. The minimum Gasteiger partial charge on any atom is -0.470 e. The van der Waals surface area contributed by atoms with Crippen LogP contribution in [0, 0.1) is 0 Å². The number of aromatic nitrogens is 3. The van der Waals surface area contributed by atoms with Crippen molar-refractivity contribution < 1.29 is 4.74 Å². The van der Waals surface area contributed by atoms with Gasteiger partial charge in [-0.3, -0.25) is 4.68 Å². The highest BCUT2D eigenvalue weighted by Crippen LogP contribution is 2.30. The highest BCUT2D eigenvalue weighted by molar-refractivity contribution is 9.10. The van der Waals surface area contributed by atoms with E-state index in [0.717, 1.165) is 47.3 Å². The number of rotatable bonds is 6. The van der Waals surface area contributed by atoms with E-state index in [-0.39, 0.29) is 6.10 Å². The molecule has 1 unspecified atom stereocenters. The zero-order chi connectivity index (χ0) is 22.9. The molecule has 5 rings (SSSR count). The molecule has 0 amide bonds. The van der Waals surface area contributed by atoms with E-state index in [1.807, 2.05) is 62.0 Å². The van der Waals surface area contributed by atoms with Crippen molar-refractivity contribution in [1.29, 1.82) is 0 Å². The number of anilines is 1. The lowest BCUT2D eigenvalue weighted by molar-refractivity contribution is 0.194. The average molecular weight is 506 g/mol. The Bertz CT molecular complexity index is 1100. The molecule has 0 radical (unpaired) electrons. The van der Waals surface area contributed by atoms with E-state index in [1.165, 1.54) is 5.56 Å². The Morgan fingerprint density at radius 2 is 1.79 bits per heavy atom. The van der Waals surface area contributed by atoms with Gasteiger partial charge in [0.2, 0.25) is 5.88 Å². The van der Waals surface area contributed by atoms with Crippen molar-refractivity contribution >= 4 is 21.6 Å². The van der Waals surface area contributed by atoms with Gasteiger partial charge in [0.15, 0.2) is 0 Å². The number of benzene rings is 2. The monoisotopic (exact) mass is 505 g/mol. The normalized spacial score (nSPS) is 14.3. The van der Waals surface area contributed by atoms with E-state index in [9.17, 15) is 0 Å². The van der Waals surface area contributed by atoms with Crippen molar-refractivity contribution in [3.63, 3.8) is 0 Å². The van der Waals surface area contributed by atoms with Crippen LogP contribution in [0.5, 0.6) is 5.88 Å². The molecule has 1 aliphatic heterocycles. The Morgan fingerprint density at radius 1 is 1.06 bits per heavy atom. The van der Waals surface area contributed by atoms with Crippen LogP contribution in [0.2, 0.25) is 0 Å². The molecule has 0 bridgehead atoms. The molecule has 3 heterocycles. The first-order valence-corrected chi connectivity index (χ1v) is 11.8. The van der Waals surface area contributed by atoms with Crippen LogP contribution in [0.25, 0.3) is 11.1 Å². The molecule has 0 aliphatic carbocycles. The molecule has 6 nitrogen and oxygen atoms in total. The van der Waals surface area contributed by atoms with Crippen molar-refractivity contribution in [3.8, 4) is 17.0 Å². The number of fused-ring (bicyclic) bond motifs is 1. The number of nitrogens with zero attached hydrogens (tertiary/aromatic N) is 3. The summed E-state index contributed by atoms with van der Waals surface area (Å²) in [7, 11) is 1.91. The van der Waals surface area contributed by atoms with Gasteiger partial charge in [-0.2, -0.15) is 5.10 Å². The molecule has 7 heteroatoms. The van der Waals surface area contributed by atoms with Gasteiger partial charge in [-0.15, -0.1) is 0 Å². The second kappa shape index (κ2) is 11.6. The van der Waals surface area contributed by atoms with Crippen LogP contribution in [0.3, 0.4) is 0 Å². The fourth-order valence-corrected chi connectivity index (χ4v) is 3.73. The average Bonchev–Trinajstić information content (AvgIpc) is 3.30. The summed E-state index contributed by atoms with van der Waals surface area (Å²) in [6, 6.07) is 22.5. The summed E-state index contributed by atoms with van der Waals surface area (Å²) in [6.45, 7) is 2.47. The lowest BCUT2D eigenvalue weighted by atomic mass is 10.1. The molecule has 2 aromatic carbocycles. The Morgan fingerprint density at radius 3 is 2.45 bits per heavy atom. The van der Waals surface area contributed by atoms with Crippen LogP contribution in [0.4, 0.5) is 5.69 Å². The molecule has 0 saturated carbocycles. The van der Waals surface area contributed by atoms with Gasteiger partial charge in [0.25, 0.3) is 0 Å². The molecule has 2 aromatic heterocycles. The number of aryl methyl sites for hydroxylation is 1. The Labute approximate surface area is 203 Å². The van der Waals surface area contributed by atoms with Crippen LogP contribution < -0.4 is 15.4 Å². The largest absolute Gasteiger partial charge is 0.470 e. The quantitative estimate of drug-likeness (QED) is 0.363. The molecule has 0 spiro atoms. The van der Waals surface area contributed by atoms with E-state index in [0.29, 0.717) is 5.88 Å². The minimum atomic E-state index is 0.0687. The second-order valence-electron chi connectivity index (χ2n) is 7.84. The number of pyridine rings is 1. The summed E-state index contributed by atoms with van der Waals surface area (Å²) in [5, 5.41) is 11.1. The topological polar surface area (TPSA) is 64.0 Å². The predicted molar refractivity (Wildman–Crippen MR) is 137 cm³/mol. The maximum Gasteiger partial charge on any atom is 0.237 e. The standard InChI is InChI=1S/C20H22BrN5O.C6H6/c1-26-13-16(10-25-26)15-8-19-20(24-9-15)27-18(12-23-19)11-22-7-6-14-2-4-17(21)5-3-14;1-2-4-6-5-3-1/h2-5,8-10,13,18,22-23H,6-7,11-12H2,1H3;1-6H. The minimum absolute atomic E-state index is 0.0687.